The second-order valence-corrected chi connectivity index (χ2v) is 8.33. The minimum Gasteiger partial charge on any atom is -0.326 e. The summed E-state index contributed by atoms with van der Waals surface area (Å²) >= 11 is 1.51. The van der Waals surface area contributed by atoms with Gasteiger partial charge < -0.3 is 5.32 Å². The number of nitrogens with one attached hydrogen (secondary N) is 1. The molecule has 2 aromatic heterocycles. The van der Waals surface area contributed by atoms with Gasteiger partial charge in [0.25, 0.3) is 0 Å². The van der Waals surface area contributed by atoms with Crippen molar-refractivity contribution in [3.05, 3.63) is 90.5 Å². The van der Waals surface area contributed by atoms with Gasteiger partial charge in [-0.1, -0.05) is 48.2 Å². The third kappa shape index (κ3) is 5.03. The molecule has 0 saturated carbocycles. The lowest BCUT2D eigenvalue weighted by atomic mass is 9.96. The molecular formula is C26H24N4OS. The van der Waals surface area contributed by atoms with Crippen LogP contribution in [0.1, 0.15) is 24.1 Å². The number of nitrogens with zero attached hydrogens (tertiary/aromatic N) is 3. The minimum atomic E-state index is -0.302. The van der Waals surface area contributed by atoms with Crippen LogP contribution in [0.5, 0.6) is 0 Å². The summed E-state index contributed by atoms with van der Waals surface area (Å²) in [6.45, 7) is 3.89. The maximum atomic E-state index is 12.9. The quantitative estimate of drug-likeness (QED) is 0.295. The highest BCUT2D eigenvalue weighted by molar-refractivity contribution is 7.98. The molecule has 4 rings (SSSR count). The van der Waals surface area contributed by atoms with Crippen LogP contribution in [-0.4, -0.2) is 27.1 Å². The largest absolute Gasteiger partial charge is 0.326 e. The van der Waals surface area contributed by atoms with Gasteiger partial charge in [0.2, 0.25) is 5.91 Å². The van der Waals surface area contributed by atoms with Gasteiger partial charge in [0.15, 0.2) is 5.16 Å². The zero-order valence-electron chi connectivity index (χ0n) is 18.2. The molecule has 0 aliphatic heterocycles. The van der Waals surface area contributed by atoms with Gasteiger partial charge in [-0.3, -0.25) is 9.78 Å². The fourth-order valence-corrected chi connectivity index (χ4v) is 3.75. The second kappa shape index (κ2) is 9.75. The molecule has 160 valence electrons. The lowest BCUT2D eigenvalue weighted by Gasteiger charge is -2.14. The Kier molecular flexibility index (Phi) is 6.61. The summed E-state index contributed by atoms with van der Waals surface area (Å²) in [7, 11) is 0. The van der Waals surface area contributed by atoms with Crippen LogP contribution in [0.3, 0.4) is 0 Å². The Labute approximate surface area is 192 Å². The molecule has 32 heavy (non-hydrogen) atoms. The molecule has 0 spiro atoms. The maximum absolute atomic E-state index is 12.9. The first kappa shape index (κ1) is 21.7. The van der Waals surface area contributed by atoms with Crippen molar-refractivity contribution in [3.63, 3.8) is 0 Å². The fraction of sp³-hybridized carbons (Fsp3) is 0.154. The normalized spacial score (nSPS) is 11.7. The van der Waals surface area contributed by atoms with Crippen LogP contribution in [-0.2, 0) is 4.79 Å². The molecule has 4 aromatic rings. The van der Waals surface area contributed by atoms with Gasteiger partial charge in [0.05, 0.1) is 5.92 Å². The van der Waals surface area contributed by atoms with E-state index in [9.17, 15) is 4.79 Å². The average molecular weight is 441 g/mol. The number of anilines is 1. The van der Waals surface area contributed by atoms with Crippen molar-refractivity contribution in [3.8, 4) is 22.3 Å². The number of aromatic nitrogens is 3. The van der Waals surface area contributed by atoms with Crippen molar-refractivity contribution in [1.29, 1.82) is 0 Å². The van der Waals surface area contributed by atoms with E-state index in [0.717, 1.165) is 44.4 Å². The summed E-state index contributed by atoms with van der Waals surface area (Å²) in [5.41, 5.74) is 6.80. The lowest BCUT2D eigenvalue weighted by molar-refractivity contribution is -0.117. The summed E-state index contributed by atoms with van der Waals surface area (Å²) in [4.78, 5) is 25.8. The molecule has 1 atom stereocenters. The molecule has 0 saturated heterocycles. The summed E-state index contributed by atoms with van der Waals surface area (Å²) in [5.74, 6) is -0.354. The van der Waals surface area contributed by atoms with Crippen LogP contribution in [0.25, 0.3) is 22.3 Å². The van der Waals surface area contributed by atoms with E-state index in [1.54, 1.807) is 6.20 Å². The van der Waals surface area contributed by atoms with E-state index in [0.29, 0.717) is 0 Å². The smallest absolute Gasteiger partial charge is 0.231 e. The number of carbonyl (C=O) groups excluding carboxylic acids is 1. The first-order valence-corrected chi connectivity index (χ1v) is 11.6. The Morgan fingerprint density at radius 1 is 0.875 bits per heavy atom. The first-order valence-electron chi connectivity index (χ1n) is 10.3. The molecular weight excluding hydrogens is 416 g/mol. The van der Waals surface area contributed by atoms with Crippen LogP contribution in [0.2, 0.25) is 0 Å². The summed E-state index contributed by atoms with van der Waals surface area (Å²) < 4.78 is 0. The predicted octanol–water partition coefficient (Wildman–Crippen LogP) is 5.98. The van der Waals surface area contributed by atoms with Gasteiger partial charge in [-0.05, 0) is 66.6 Å². The third-order valence-electron chi connectivity index (χ3n) is 5.31. The number of hydrogen-bond donors (Lipinski definition) is 1. The van der Waals surface area contributed by atoms with Crippen molar-refractivity contribution in [2.75, 3.05) is 11.6 Å². The fourth-order valence-electron chi connectivity index (χ4n) is 3.43. The van der Waals surface area contributed by atoms with E-state index in [4.69, 9.17) is 0 Å². The molecule has 2 aromatic carbocycles. The number of aryl methyl sites for hydroxylation is 1. The van der Waals surface area contributed by atoms with E-state index in [-0.39, 0.29) is 11.8 Å². The number of thioether (sulfide) groups is 1. The standard InChI is InChI=1S/C26H24N4OS/c1-17-13-22(11-12-27-17)19-7-9-24(10-8-19)30-25(31)18(2)20-5-4-6-21(14-20)23-15-28-26(32-3)29-16-23/h4-16,18H,1-3H3,(H,30,31)/t18-/m1/s1. The Hall–Kier alpha value is -3.51. The molecule has 2 heterocycles. The monoisotopic (exact) mass is 440 g/mol. The molecule has 0 radical (unpaired) electrons. The molecule has 0 unspecified atom stereocenters. The van der Waals surface area contributed by atoms with E-state index in [2.05, 4.69) is 20.3 Å². The van der Waals surface area contributed by atoms with E-state index >= 15 is 0 Å². The van der Waals surface area contributed by atoms with Crippen LogP contribution in [0.4, 0.5) is 5.69 Å². The summed E-state index contributed by atoms with van der Waals surface area (Å²) in [5, 5.41) is 3.76. The van der Waals surface area contributed by atoms with Gasteiger partial charge in [-0.2, -0.15) is 0 Å². The third-order valence-corrected chi connectivity index (χ3v) is 5.88. The van der Waals surface area contributed by atoms with Crippen molar-refractivity contribution in [2.24, 2.45) is 0 Å². The Bertz CT molecular complexity index is 1220. The molecule has 0 aliphatic carbocycles. The molecule has 6 heteroatoms. The average Bonchev–Trinajstić information content (AvgIpc) is 2.84. The number of rotatable bonds is 6. The number of benzene rings is 2. The van der Waals surface area contributed by atoms with Gasteiger partial charge in [0.1, 0.15) is 0 Å². The number of amides is 1. The number of pyridine rings is 1. The second-order valence-electron chi connectivity index (χ2n) is 7.56. The topological polar surface area (TPSA) is 67.8 Å². The van der Waals surface area contributed by atoms with Crippen LogP contribution in [0, 0.1) is 6.92 Å². The van der Waals surface area contributed by atoms with Crippen molar-refractivity contribution < 1.29 is 4.79 Å². The van der Waals surface area contributed by atoms with Gasteiger partial charge in [-0.25, -0.2) is 9.97 Å². The molecule has 5 nitrogen and oxygen atoms in total. The predicted molar refractivity (Wildman–Crippen MR) is 131 cm³/mol. The van der Waals surface area contributed by atoms with E-state index in [1.807, 2.05) is 93.2 Å². The molecule has 0 aliphatic rings. The molecule has 0 bridgehead atoms. The maximum Gasteiger partial charge on any atom is 0.231 e. The molecule has 0 fully saturated rings. The van der Waals surface area contributed by atoms with Gasteiger partial charge in [-0.15, -0.1) is 0 Å². The molecule has 1 N–H and O–H groups in total. The summed E-state index contributed by atoms with van der Waals surface area (Å²) in [6, 6.07) is 19.9. The van der Waals surface area contributed by atoms with E-state index < -0.39 is 0 Å². The van der Waals surface area contributed by atoms with Crippen molar-refractivity contribution in [1.82, 2.24) is 15.0 Å². The SMILES string of the molecule is CSc1ncc(-c2cccc([C@@H](C)C(=O)Nc3ccc(-c4ccnc(C)c4)cc3)c2)cn1. The highest BCUT2D eigenvalue weighted by atomic mass is 32.2. The number of hydrogen-bond acceptors (Lipinski definition) is 5. The van der Waals surface area contributed by atoms with Crippen molar-refractivity contribution >= 4 is 23.4 Å². The zero-order valence-corrected chi connectivity index (χ0v) is 19.1. The van der Waals surface area contributed by atoms with Crippen LogP contribution >= 0.6 is 11.8 Å². The van der Waals surface area contributed by atoms with Crippen LogP contribution < -0.4 is 5.32 Å². The van der Waals surface area contributed by atoms with Crippen LogP contribution in [0.15, 0.2) is 84.4 Å². The van der Waals surface area contributed by atoms with Crippen molar-refractivity contribution in [2.45, 2.75) is 24.9 Å². The molecule has 1 amide bonds. The summed E-state index contributed by atoms with van der Waals surface area (Å²) in [6.07, 6.45) is 7.38. The minimum absolute atomic E-state index is 0.0522. The Morgan fingerprint density at radius 3 is 2.28 bits per heavy atom. The Morgan fingerprint density at radius 2 is 1.59 bits per heavy atom. The highest BCUT2D eigenvalue weighted by Gasteiger charge is 2.16. The Balaban J connectivity index is 1.46. The van der Waals surface area contributed by atoms with Gasteiger partial charge >= 0.3 is 0 Å². The lowest BCUT2D eigenvalue weighted by Crippen LogP contribution is -2.18. The highest BCUT2D eigenvalue weighted by Crippen LogP contribution is 2.26. The first-order chi connectivity index (χ1) is 15.5. The van der Waals surface area contributed by atoms with Gasteiger partial charge in [0, 0.05) is 35.5 Å². The van der Waals surface area contributed by atoms with E-state index in [1.165, 1.54) is 11.8 Å². The zero-order chi connectivity index (χ0) is 22.5. The number of carbonyl (C=O) groups is 1.